The Labute approximate surface area is 311 Å². The van der Waals surface area contributed by atoms with E-state index in [1.807, 2.05) is 11.3 Å². The van der Waals surface area contributed by atoms with Crippen LogP contribution < -0.4 is 0 Å². The number of thiophene rings is 2. The molecular weight excluding hydrogens is 683 g/mol. The summed E-state index contributed by atoms with van der Waals surface area (Å²) in [6.07, 6.45) is 0. The SMILES string of the molecule is c1ccc(-c2cccc(-c3nc4sc5ccccc5c4nc3-n3c4ccccc4c4c5ccccc5c5c6cc7ccccc7cc6sc5c43)c2)cc1. The number of para-hydroxylation sites is 1. The maximum atomic E-state index is 5.69. The summed E-state index contributed by atoms with van der Waals surface area (Å²) in [4.78, 5) is 12.2. The summed E-state index contributed by atoms with van der Waals surface area (Å²) in [7, 11) is 0. The van der Waals surface area contributed by atoms with E-state index in [0.29, 0.717) is 0 Å². The molecule has 0 fully saturated rings. The van der Waals surface area contributed by atoms with E-state index >= 15 is 0 Å². The van der Waals surface area contributed by atoms with Gasteiger partial charge in [-0.15, -0.1) is 22.7 Å². The molecule has 246 valence electrons. The average Bonchev–Trinajstić information content (AvgIpc) is 3.89. The summed E-state index contributed by atoms with van der Waals surface area (Å²) in [6.45, 7) is 0. The van der Waals surface area contributed by atoms with Gasteiger partial charge in [0.25, 0.3) is 0 Å². The zero-order valence-electron chi connectivity index (χ0n) is 28.2. The van der Waals surface area contributed by atoms with Gasteiger partial charge in [0.1, 0.15) is 16.0 Å². The molecular formula is C48H27N3S2. The van der Waals surface area contributed by atoms with Gasteiger partial charge in [-0.3, -0.25) is 4.57 Å². The van der Waals surface area contributed by atoms with Gasteiger partial charge in [-0.1, -0.05) is 133 Å². The van der Waals surface area contributed by atoms with E-state index in [-0.39, 0.29) is 0 Å². The third kappa shape index (κ3) is 4.20. The minimum absolute atomic E-state index is 0.844. The molecule has 4 aromatic heterocycles. The van der Waals surface area contributed by atoms with Crippen LogP contribution in [0.25, 0.3) is 112 Å². The Morgan fingerprint density at radius 2 is 1.09 bits per heavy atom. The lowest BCUT2D eigenvalue weighted by atomic mass is 9.98. The Bertz CT molecular complexity index is 3460. The second-order valence-electron chi connectivity index (χ2n) is 13.7. The highest BCUT2D eigenvalue weighted by Crippen LogP contribution is 2.49. The molecule has 0 spiro atoms. The van der Waals surface area contributed by atoms with Crippen molar-refractivity contribution in [2.24, 2.45) is 0 Å². The number of nitrogens with zero attached hydrogens (tertiary/aromatic N) is 3. The molecule has 53 heavy (non-hydrogen) atoms. The van der Waals surface area contributed by atoms with Crippen LogP contribution in [0, 0.1) is 0 Å². The van der Waals surface area contributed by atoms with E-state index in [2.05, 4.69) is 168 Å². The predicted molar refractivity (Wildman–Crippen MR) is 228 cm³/mol. The maximum absolute atomic E-state index is 5.69. The number of hydrogen-bond acceptors (Lipinski definition) is 4. The van der Waals surface area contributed by atoms with Crippen molar-refractivity contribution in [1.82, 2.24) is 14.5 Å². The largest absolute Gasteiger partial charge is 0.290 e. The molecule has 3 nitrogen and oxygen atoms in total. The summed E-state index contributed by atoms with van der Waals surface area (Å²) in [5, 5.41) is 11.2. The Hall–Kier alpha value is -6.40. The average molecular weight is 710 g/mol. The van der Waals surface area contributed by atoms with Gasteiger partial charge in [-0.25, -0.2) is 9.97 Å². The summed E-state index contributed by atoms with van der Waals surface area (Å²) >= 11 is 3.60. The highest BCUT2D eigenvalue weighted by Gasteiger charge is 2.25. The third-order valence-electron chi connectivity index (χ3n) is 10.8. The second-order valence-corrected chi connectivity index (χ2v) is 15.8. The van der Waals surface area contributed by atoms with Crippen LogP contribution in [-0.4, -0.2) is 14.5 Å². The molecule has 0 atom stereocenters. The van der Waals surface area contributed by atoms with Gasteiger partial charge in [0, 0.05) is 41.9 Å². The monoisotopic (exact) mass is 709 g/mol. The molecule has 0 aliphatic rings. The van der Waals surface area contributed by atoms with Crippen LogP contribution in [-0.2, 0) is 0 Å². The zero-order chi connectivity index (χ0) is 34.6. The fourth-order valence-electron chi connectivity index (χ4n) is 8.42. The smallest absolute Gasteiger partial charge is 0.165 e. The fourth-order valence-corrected chi connectivity index (χ4v) is 10.7. The molecule has 12 aromatic rings. The van der Waals surface area contributed by atoms with Gasteiger partial charge in [0.15, 0.2) is 5.82 Å². The predicted octanol–water partition coefficient (Wildman–Crippen LogP) is 13.9. The lowest BCUT2D eigenvalue weighted by Gasteiger charge is -2.14. The first kappa shape index (κ1) is 29.2. The zero-order valence-corrected chi connectivity index (χ0v) is 29.9. The molecule has 12 rings (SSSR count). The maximum Gasteiger partial charge on any atom is 0.165 e. The summed E-state index contributed by atoms with van der Waals surface area (Å²) in [5.41, 5.74) is 7.48. The molecule has 0 unspecified atom stereocenters. The van der Waals surface area contributed by atoms with Crippen molar-refractivity contribution in [3.8, 4) is 28.2 Å². The van der Waals surface area contributed by atoms with Gasteiger partial charge < -0.3 is 0 Å². The van der Waals surface area contributed by atoms with E-state index in [0.717, 1.165) is 43.9 Å². The van der Waals surface area contributed by atoms with Crippen molar-refractivity contribution >= 4 is 107 Å². The first-order valence-corrected chi connectivity index (χ1v) is 19.5. The first-order chi connectivity index (χ1) is 26.3. The first-order valence-electron chi connectivity index (χ1n) is 17.8. The molecule has 0 saturated carbocycles. The Morgan fingerprint density at radius 3 is 1.94 bits per heavy atom. The van der Waals surface area contributed by atoms with Crippen LogP contribution in [0.15, 0.2) is 164 Å². The third-order valence-corrected chi connectivity index (χ3v) is 13.0. The standard InChI is InChI=1S/C48H27N3S2/c1-2-13-28(14-3-1)29-17-12-18-32(25-29)43-47(49-44-36-22-9-11-24-39(36)53-48(44)50-43)51-38-23-10-8-21-35(38)41-33-19-6-7-20-34(33)42-37-26-30-15-4-5-16-31(30)27-40(37)52-46(42)45(41)51/h1-27H. The van der Waals surface area contributed by atoms with Gasteiger partial charge in [0.05, 0.1) is 15.7 Å². The number of hydrogen-bond donors (Lipinski definition) is 0. The lowest BCUT2D eigenvalue weighted by Crippen LogP contribution is -2.03. The van der Waals surface area contributed by atoms with E-state index in [4.69, 9.17) is 9.97 Å². The number of benzene rings is 8. The molecule has 0 aliphatic carbocycles. The highest BCUT2D eigenvalue weighted by molar-refractivity contribution is 7.27. The van der Waals surface area contributed by atoms with E-state index in [1.165, 1.54) is 68.3 Å². The minimum Gasteiger partial charge on any atom is -0.290 e. The van der Waals surface area contributed by atoms with Crippen LogP contribution in [0.2, 0.25) is 0 Å². The lowest BCUT2D eigenvalue weighted by molar-refractivity contribution is 1.09. The topological polar surface area (TPSA) is 30.7 Å². The Morgan fingerprint density at radius 1 is 0.434 bits per heavy atom. The van der Waals surface area contributed by atoms with Gasteiger partial charge >= 0.3 is 0 Å². The van der Waals surface area contributed by atoms with Crippen molar-refractivity contribution in [3.05, 3.63) is 164 Å². The molecule has 0 amide bonds. The Balaban J connectivity index is 1.29. The van der Waals surface area contributed by atoms with Gasteiger partial charge in [-0.2, -0.15) is 0 Å². The van der Waals surface area contributed by atoms with Crippen LogP contribution in [0.1, 0.15) is 0 Å². The number of aromatic nitrogens is 3. The van der Waals surface area contributed by atoms with Crippen molar-refractivity contribution < 1.29 is 0 Å². The number of rotatable bonds is 3. The molecule has 8 aromatic carbocycles. The van der Waals surface area contributed by atoms with Crippen molar-refractivity contribution in [1.29, 1.82) is 0 Å². The van der Waals surface area contributed by atoms with Crippen LogP contribution in [0.3, 0.4) is 0 Å². The molecule has 0 bridgehead atoms. The highest BCUT2D eigenvalue weighted by atomic mass is 32.1. The van der Waals surface area contributed by atoms with Gasteiger partial charge in [-0.05, 0) is 63.0 Å². The molecule has 0 saturated heterocycles. The second kappa shape index (κ2) is 11.1. The van der Waals surface area contributed by atoms with Crippen molar-refractivity contribution in [3.63, 3.8) is 0 Å². The summed E-state index contributed by atoms with van der Waals surface area (Å²) in [5.74, 6) is 0.844. The summed E-state index contributed by atoms with van der Waals surface area (Å²) in [6, 6.07) is 59.2. The molecule has 0 N–H and O–H groups in total. The quantitative estimate of drug-likeness (QED) is 0.183. The molecule has 0 aliphatic heterocycles. The molecule has 4 heterocycles. The van der Waals surface area contributed by atoms with Crippen molar-refractivity contribution in [2.75, 3.05) is 0 Å². The summed E-state index contributed by atoms with van der Waals surface area (Å²) < 4.78 is 6.17. The number of fused-ring (bicyclic) bond motifs is 14. The van der Waals surface area contributed by atoms with Crippen LogP contribution >= 0.6 is 22.7 Å². The fraction of sp³-hybridized carbons (Fsp3) is 0. The van der Waals surface area contributed by atoms with Crippen molar-refractivity contribution in [2.45, 2.75) is 0 Å². The van der Waals surface area contributed by atoms with E-state index in [1.54, 1.807) is 11.3 Å². The van der Waals surface area contributed by atoms with Gasteiger partial charge in [0.2, 0.25) is 0 Å². The minimum atomic E-state index is 0.844. The molecule has 5 heteroatoms. The van der Waals surface area contributed by atoms with Crippen LogP contribution in [0.4, 0.5) is 0 Å². The molecule has 0 radical (unpaired) electrons. The Kier molecular flexibility index (Phi) is 6.09. The normalized spacial score (nSPS) is 12.2. The van der Waals surface area contributed by atoms with E-state index < -0.39 is 0 Å². The van der Waals surface area contributed by atoms with Crippen LogP contribution in [0.5, 0.6) is 0 Å². The van der Waals surface area contributed by atoms with E-state index in [9.17, 15) is 0 Å².